The molecule has 0 aliphatic carbocycles. The Morgan fingerprint density at radius 2 is 2.42 bits per heavy atom. The summed E-state index contributed by atoms with van der Waals surface area (Å²) in [5, 5.41) is 7.04. The molecule has 1 unspecified atom stereocenters. The molecule has 2 aromatic rings. The fourth-order valence-electron chi connectivity index (χ4n) is 2.99. The molecule has 7 heteroatoms. The Bertz CT molecular complexity index is 688. The number of aromatic nitrogens is 2. The summed E-state index contributed by atoms with van der Waals surface area (Å²) >= 11 is 1.54. The second-order valence-corrected chi connectivity index (χ2v) is 7.10. The summed E-state index contributed by atoms with van der Waals surface area (Å²) in [5.74, 6) is -0.0119. The highest BCUT2D eigenvalue weighted by atomic mass is 32.1. The largest absolute Gasteiger partial charge is 0.314 e. The molecule has 128 valence electrons. The van der Waals surface area contributed by atoms with E-state index in [0.717, 1.165) is 37.3 Å². The average molecular weight is 345 g/mol. The summed E-state index contributed by atoms with van der Waals surface area (Å²) < 4.78 is 0. The van der Waals surface area contributed by atoms with Gasteiger partial charge in [-0.2, -0.15) is 0 Å². The van der Waals surface area contributed by atoms with Gasteiger partial charge in [0.25, 0.3) is 0 Å². The number of hydrogen-bond donors (Lipinski definition) is 2. The number of carbonyl (C=O) groups excluding carboxylic acids is 1. The van der Waals surface area contributed by atoms with Gasteiger partial charge < -0.3 is 10.6 Å². The number of hydrogen-bond acceptors (Lipinski definition) is 6. The molecule has 0 saturated carbocycles. The molecule has 3 heterocycles. The summed E-state index contributed by atoms with van der Waals surface area (Å²) in [6.45, 7) is 7.04. The monoisotopic (exact) mass is 345 g/mol. The fraction of sp³-hybridized carbons (Fsp3) is 0.471. The molecule has 6 nitrogen and oxygen atoms in total. The maximum atomic E-state index is 12.4. The molecule has 2 aromatic heterocycles. The normalized spacial score (nSPS) is 18.5. The molecule has 1 aliphatic rings. The Kier molecular flexibility index (Phi) is 5.55. The molecule has 1 amide bonds. The minimum absolute atomic E-state index is 0.0119. The highest BCUT2D eigenvalue weighted by molar-refractivity contribution is 7.15. The van der Waals surface area contributed by atoms with E-state index >= 15 is 0 Å². The van der Waals surface area contributed by atoms with Crippen LogP contribution in [-0.2, 0) is 11.2 Å². The molecule has 0 spiro atoms. The summed E-state index contributed by atoms with van der Waals surface area (Å²) in [6.07, 6.45) is 4.53. The van der Waals surface area contributed by atoms with Crippen LogP contribution in [0.5, 0.6) is 0 Å². The van der Waals surface area contributed by atoms with Crippen LogP contribution in [0, 0.1) is 6.92 Å². The highest BCUT2D eigenvalue weighted by Crippen LogP contribution is 2.24. The highest BCUT2D eigenvalue weighted by Gasteiger charge is 2.25. The van der Waals surface area contributed by atoms with E-state index in [2.05, 4.69) is 38.5 Å². The molecular weight excluding hydrogens is 322 g/mol. The Labute approximate surface area is 146 Å². The van der Waals surface area contributed by atoms with Crippen LogP contribution >= 0.6 is 11.3 Å². The lowest BCUT2D eigenvalue weighted by Crippen LogP contribution is -2.48. The van der Waals surface area contributed by atoms with Crippen molar-refractivity contribution in [2.75, 3.05) is 31.5 Å². The van der Waals surface area contributed by atoms with Gasteiger partial charge in [0.05, 0.1) is 12.2 Å². The van der Waals surface area contributed by atoms with Gasteiger partial charge in [-0.25, -0.2) is 4.98 Å². The van der Waals surface area contributed by atoms with Crippen molar-refractivity contribution in [1.82, 2.24) is 20.2 Å². The minimum atomic E-state index is -0.0119. The van der Waals surface area contributed by atoms with E-state index in [4.69, 9.17) is 0 Å². The lowest BCUT2D eigenvalue weighted by Gasteiger charge is -2.35. The van der Waals surface area contributed by atoms with Crippen LogP contribution in [-0.4, -0.2) is 47.0 Å². The summed E-state index contributed by atoms with van der Waals surface area (Å²) in [5.41, 5.74) is 2.20. The Morgan fingerprint density at radius 3 is 3.12 bits per heavy atom. The number of amides is 1. The third-order valence-corrected chi connectivity index (χ3v) is 5.17. The first-order chi connectivity index (χ1) is 11.7. The lowest BCUT2D eigenvalue weighted by molar-refractivity contribution is -0.118. The molecule has 3 rings (SSSR count). The van der Waals surface area contributed by atoms with Gasteiger partial charge in [-0.1, -0.05) is 13.0 Å². The molecule has 0 bridgehead atoms. The van der Waals surface area contributed by atoms with Crippen molar-refractivity contribution in [3.05, 3.63) is 40.7 Å². The molecule has 1 aliphatic heterocycles. The Morgan fingerprint density at radius 1 is 1.54 bits per heavy atom. The van der Waals surface area contributed by atoms with Crippen LogP contribution in [0.1, 0.15) is 29.1 Å². The first-order valence-corrected chi connectivity index (χ1v) is 9.10. The van der Waals surface area contributed by atoms with E-state index in [1.165, 1.54) is 4.88 Å². The zero-order valence-electron chi connectivity index (χ0n) is 14.1. The standard InChI is InChI=1S/C17H23N5OS/c1-3-14-12(2)24-17(20-14)21-16(23)11-22-8-7-19-10-15(22)13-5-4-6-18-9-13/h4-6,9,15,19H,3,7-8,10-11H2,1-2H3,(H,20,21,23). The minimum Gasteiger partial charge on any atom is -0.314 e. The number of nitrogens with zero attached hydrogens (tertiary/aromatic N) is 3. The van der Waals surface area contributed by atoms with Crippen LogP contribution in [0.25, 0.3) is 0 Å². The number of nitrogens with one attached hydrogen (secondary N) is 2. The Hall–Kier alpha value is -1.83. The van der Waals surface area contributed by atoms with E-state index in [1.54, 1.807) is 17.5 Å². The van der Waals surface area contributed by atoms with Crippen molar-refractivity contribution in [2.45, 2.75) is 26.3 Å². The molecule has 2 N–H and O–H groups in total. The molecule has 1 atom stereocenters. The van der Waals surface area contributed by atoms with Crippen LogP contribution in [0.15, 0.2) is 24.5 Å². The van der Waals surface area contributed by atoms with E-state index in [-0.39, 0.29) is 11.9 Å². The van der Waals surface area contributed by atoms with Gasteiger partial charge in [0.2, 0.25) is 5.91 Å². The third-order valence-electron chi connectivity index (χ3n) is 4.24. The first-order valence-electron chi connectivity index (χ1n) is 8.28. The number of piperazine rings is 1. The van der Waals surface area contributed by atoms with E-state index < -0.39 is 0 Å². The SMILES string of the molecule is CCc1nc(NC(=O)CN2CCNCC2c2cccnc2)sc1C. The van der Waals surface area contributed by atoms with E-state index in [9.17, 15) is 4.79 Å². The van der Waals surface area contributed by atoms with Crippen molar-refractivity contribution in [3.8, 4) is 0 Å². The zero-order valence-corrected chi connectivity index (χ0v) is 14.9. The predicted molar refractivity (Wildman–Crippen MR) is 96.3 cm³/mol. The van der Waals surface area contributed by atoms with Crippen LogP contribution in [0.2, 0.25) is 0 Å². The number of pyridine rings is 1. The number of aryl methyl sites for hydroxylation is 2. The third kappa shape index (κ3) is 3.98. The predicted octanol–water partition coefficient (Wildman–Crippen LogP) is 1.99. The quantitative estimate of drug-likeness (QED) is 0.867. The van der Waals surface area contributed by atoms with Crippen molar-refractivity contribution in [1.29, 1.82) is 0 Å². The van der Waals surface area contributed by atoms with Crippen LogP contribution in [0.4, 0.5) is 5.13 Å². The zero-order chi connectivity index (χ0) is 16.9. The molecular formula is C17H23N5OS. The van der Waals surface area contributed by atoms with Crippen molar-refractivity contribution in [2.24, 2.45) is 0 Å². The van der Waals surface area contributed by atoms with Gasteiger partial charge in [-0.3, -0.25) is 14.7 Å². The smallest absolute Gasteiger partial charge is 0.240 e. The van der Waals surface area contributed by atoms with Crippen LogP contribution < -0.4 is 10.6 Å². The van der Waals surface area contributed by atoms with Crippen molar-refractivity contribution in [3.63, 3.8) is 0 Å². The number of anilines is 1. The van der Waals surface area contributed by atoms with Gasteiger partial charge in [0, 0.05) is 42.9 Å². The first kappa shape index (κ1) is 17.0. The molecule has 1 fully saturated rings. The lowest BCUT2D eigenvalue weighted by atomic mass is 10.1. The van der Waals surface area contributed by atoms with Gasteiger partial charge in [-0.05, 0) is 25.0 Å². The van der Waals surface area contributed by atoms with Gasteiger partial charge >= 0.3 is 0 Å². The van der Waals surface area contributed by atoms with Crippen molar-refractivity contribution >= 4 is 22.4 Å². The molecule has 24 heavy (non-hydrogen) atoms. The number of carbonyl (C=O) groups is 1. The maximum absolute atomic E-state index is 12.4. The second-order valence-electron chi connectivity index (χ2n) is 5.90. The molecule has 1 saturated heterocycles. The Balaban J connectivity index is 1.65. The molecule has 0 radical (unpaired) electrons. The maximum Gasteiger partial charge on any atom is 0.240 e. The fourth-order valence-corrected chi connectivity index (χ4v) is 3.91. The summed E-state index contributed by atoms with van der Waals surface area (Å²) in [6, 6.07) is 4.17. The van der Waals surface area contributed by atoms with Crippen LogP contribution in [0.3, 0.4) is 0 Å². The van der Waals surface area contributed by atoms with Gasteiger partial charge in [0.1, 0.15) is 0 Å². The number of thiazole rings is 1. The summed E-state index contributed by atoms with van der Waals surface area (Å²) in [4.78, 5) is 24.5. The molecule has 0 aromatic carbocycles. The van der Waals surface area contributed by atoms with Gasteiger partial charge in [-0.15, -0.1) is 11.3 Å². The van der Waals surface area contributed by atoms with Crippen molar-refractivity contribution < 1.29 is 4.79 Å². The topological polar surface area (TPSA) is 70.2 Å². The number of rotatable bonds is 5. The second kappa shape index (κ2) is 7.83. The summed E-state index contributed by atoms with van der Waals surface area (Å²) in [7, 11) is 0. The van der Waals surface area contributed by atoms with Gasteiger partial charge in [0.15, 0.2) is 5.13 Å². The van der Waals surface area contributed by atoms with E-state index in [0.29, 0.717) is 11.7 Å². The van der Waals surface area contributed by atoms with E-state index in [1.807, 2.05) is 19.2 Å². The average Bonchev–Trinajstić information content (AvgIpc) is 2.95.